The summed E-state index contributed by atoms with van der Waals surface area (Å²) in [6, 6.07) is 2.52. The van der Waals surface area contributed by atoms with Crippen molar-refractivity contribution >= 4 is 29.4 Å². The predicted octanol–water partition coefficient (Wildman–Crippen LogP) is 3.26. The molecule has 0 saturated carbocycles. The molecule has 5 nitrogen and oxygen atoms in total. The van der Waals surface area contributed by atoms with Gasteiger partial charge >= 0.3 is 6.18 Å². The molecule has 0 unspecified atom stereocenters. The van der Waals surface area contributed by atoms with Crippen LogP contribution < -0.4 is 4.90 Å². The van der Waals surface area contributed by atoms with E-state index in [1.165, 1.54) is 17.4 Å². The zero-order chi connectivity index (χ0) is 17.2. The third-order valence-corrected chi connectivity index (χ3v) is 4.98. The second-order valence-corrected chi connectivity index (χ2v) is 6.99. The van der Waals surface area contributed by atoms with Gasteiger partial charge in [-0.05, 0) is 30.8 Å². The SMILES string of the molecule is FC(F)(F)c1ccc(N2CCCN(Cn3ncsc3=S)CC2)nc1. The van der Waals surface area contributed by atoms with E-state index in [1.54, 1.807) is 10.2 Å². The Hall–Kier alpha value is -1.52. The number of halogens is 3. The number of hydrogen-bond acceptors (Lipinski definition) is 6. The lowest BCUT2D eigenvalue weighted by Gasteiger charge is -2.23. The summed E-state index contributed by atoms with van der Waals surface area (Å²) in [4.78, 5) is 8.23. The van der Waals surface area contributed by atoms with Gasteiger partial charge in [0.15, 0.2) is 3.95 Å². The minimum atomic E-state index is -4.35. The van der Waals surface area contributed by atoms with E-state index in [0.717, 1.165) is 42.3 Å². The number of aromatic nitrogens is 3. The van der Waals surface area contributed by atoms with Crippen molar-refractivity contribution in [1.82, 2.24) is 19.7 Å². The molecule has 24 heavy (non-hydrogen) atoms. The van der Waals surface area contributed by atoms with Gasteiger partial charge in [0, 0.05) is 32.4 Å². The molecular formula is C14H16F3N5S2. The van der Waals surface area contributed by atoms with Crippen LogP contribution in [0.3, 0.4) is 0 Å². The lowest BCUT2D eigenvalue weighted by atomic mass is 10.2. The van der Waals surface area contributed by atoms with Crippen LogP contribution in [0.25, 0.3) is 0 Å². The van der Waals surface area contributed by atoms with Crippen LogP contribution >= 0.6 is 23.6 Å². The molecule has 0 amide bonds. The molecule has 0 N–H and O–H groups in total. The molecule has 0 bridgehead atoms. The molecule has 130 valence electrons. The molecule has 1 aliphatic heterocycles. The van der Waals surface area contributed by atoms with Crippen molar-refractivity contribution in [1.29, 1.82) is 0 Å². The molecule has 1 fully saturated rings. The first-order valence-corrected chi connectivity index (χ1v) is 8.73. The van der Waals surface area contributed by atoms with E-state index in [9.17, 15) is 13.2 Å². The first-order chi connectivity index (χ1) is 11.4. The van der Waals surface area contributed by atoms with Gasteiger partial charge in [-0.15, -0.1) is 0 Å². The fraction of sp³-hybridized carbons (Fsp3) is 0.500. The van der Waals surface area contributed by atoms with Crippen LogP contribution in [-0.2, 0) is 12.8 Å². The fourth-order valence-corrected chi connectivity index (χ4v) is 3.31. The van der Waals surface area contributed by atoms with Gasteiger partial charge < -0.3 is 4.90 Å². The van der Waals surface area contributed by atoms with Crippen LogP contribution in [-0.4, -0.2) is 45.8 Å². The molecular weight excluding hydrogens is 359 g/mol. The maximum atomic E-state index is 12.6. The number of alkyl halides is 3. The zero-order valence-corrected chi connectivity index (χ0v) is 14.4. The van der Waals surface area contributed by atoms with Crippen LogP contribution in [0.5, 0.6) is 0 Å². The lowest BCUT2D eigenvalue weighted by Crippen LogP contribution is -2.32. The fourth-order valence-electron chi connectivity index (χ4n) is 2.60. The Morgan fingerprint density at radius 1 is 1.17 bits per heavy atom. The summed E-state index contributed by atoms with van der Waals surface area (Å²) < 4.78 is 40.4. The molecule has 3 heterocycles. The molecule has 1 aliphatic rings. The first kappa shape index (κ1) is 17.3. The Labute approximate surface area is 146 Å². The Balaban J connectivity index is 1.63. The van der Waals surface area contributed by atoms with Gasteiger partial charge in [0.2, 0.25) is 0 Å². The monoisotopic (exact) mass is 375 g/mol. The molecule has 0 radical (unpaired) electrons. The second-order valence-electron chi connectivity index (χ2n) is 5.51. The number of anilines is 1. The molecule has 0 aliphatic carbocycles. The van der Waals surface area contributed by atoms with Crippen LogP contribution in [0.2, 0.25) is 0 Å². The summed E-state index contributed by atoms with van der Waals surface area (Å²) >= 11 is 6.64. The topological polar surface area (TPSA) is 37.2 Å². The minimum absolute atomic E-state index is 0.579. The van der Waals surface area contributed by atoms with Crippen LogP contribution in [0, 0.1) is 3.95 Å². The smallest absolute Gasteiger partial charge is 0.355 e. The minimum Gasteiger partial charge on any atom is -0.355 e. The highest BCUT2D eigenvalue weighted by Gasteiger charge is 2.31. The highest BCUT2D eigenvalue weighted by Crippen LogP contribution is 2.29. The van der Waals surface area contributed by atoms with Crippen molar-refractivity contribution in [3.63, 3.8) is 0 Å². The van der Waals surface area contributed by atoms with Gasteiger partial charge in [0.05, 0.1) is 12.2 Å². The third kappa shape index (κ3) is 4.11. The maximum Gasteiger partial charge on any atom is 0.417 e. The Morgan fingerprint density at radius 3 is 2.62 bits per heavy atom. The van der Waals surface area contributed by atoms with Crippen LogP contribution in [0.15, 0.2) is 23.8 Å². The average molecular weight is 375 g/mol. The Kier molecular flexibility index (Phi) is 5.16. The Morgan fingerprint density at radius 2 is 2.00 bits per heavy atom. The van der Waals surface area contributed by atoms with E-state index in [-0.39, 0.29) is 0 Å². The summed E-state index contributed by atoms with van der Waals surface area (Å²) in [7, 11) is 0. The summed E-state index contributed by atoms with van der Waals surface area (Å²) in [5.41, 5.74) is 0.999. The summed E-state index contributed by atoms with van der Waals surface area (Å²) in [6.45, 7) is 3.77. The largest absolute Gasteiger partial charge is 0.417 e. The quantitative estimate of drug-likeness (QED) is 0.770. The van der Waals surface area contributed by atoms with E-state index >= 15 is 0 Å². The molecule has 2 aromatic rings. The van der Waals surface area contributed by atoms with Gasteiger partial charge in [-0.3, -0.25) is 4.90 Å². The van der Waals surface area contributed by atoms with Crippen molar-refractivity contribution in [3.05, 3.63) is 33.4 Å². The second kappa shape index (κ2) is 7.16. The van der Waals surface area contributed by atoms with E-state index in [2.05, 4.69) is 15.0 Å². The number of pyridine rings is 1. The molecule has 10 heteroatoms. The summed E-state index contributed by atoms with van der Waals surface area (Å²) in [5.74, 6) is 0.579. The standard InChI is InChI=1S/C14H16F3N5S2/c15-14(16,17)11-2-3-12(18-8-11)21-5-1-4-20(6-7-21)10-22-13(23)24-9-19-22/h2-3,8-9H,1,4-7,10H2. The summed E-state index contributed by atoms with van der Waals surface area (Å²) in [5, 5.41) is 4.21. The van der Waals surface area contributed by atoms with Crippen molar-refractivity contribution < 1.29 is 13.2 Å². The lowest BCUT2D eigenvalue weighted by molar-refractivity contribution is -0.137. The van der Waals surface area contributed by atoms with Gasteiger partial charge in [0.1, 0.15) is 11.3 Å². The molecule has 2 aromatic heterocycles. The maximum absolute atomic E-state index is 12.6. The number of hydrogen-bond donors (Lipinski definition) is 0. The normalized spacial score (nSPS) is 17.0. The molecule has 0 aromatic carbocycles. The van der Waals surface area contributed by atoms with E-state index in [4.69, 9.17) is 12.2 Å². The van der Waals surface area contributed by atoms with Gasteiger partial charge in [0.25, 0.3) is 0 Å². The van der Waals surface area contributed by atoms with Crippen molar-refractivity contribution in [2.75, 3.05) is 31.1 Å². The van der Waals surface area contributed by atoms with Crippen molar-refractivity contribution in [2.24, 2.45) is 0 Å². The molecule has 1 saturated heterocycles. The number of nitrogens with zero attached hydrogens (tertiary/aromatic N) is 5. The first-order valence-electron chi connectivity index (χ1n) is 7.44. The predicted molar refractivity (Wildman–Crippen MR) is 88.6 cm³/mol. The van der Waals surface area contributed by atoms with Crippen molar-refractivity contribution in [3.8, 4) is 0 Å². The van der Waals surface area contributed by atoms with Gasteiger partial charge in [-0.1, -0.05) is 11.3 Å². The van der Waals surface area contributed by atoms with E-state index in [0.29, 0.717) is 19.0 Å². The van der Waals surface area contributed by atoms with Gasteiger partial charge in [-0.25, -0.2) is 9.67 Å². The van der Waals surface area contributed by atoms with Crippen LogP contribution in [0.4, 0.5) is 19.0 Å². The summed E-state index contributed by atoms with van der Waals surface area (Å²) in [6.07, 6.45) is -2.56. The highest BCUT2D eigenvalue weighted by molar-refractivity contribution is 7.73. The average Bonchev–Trinajstić information content (AvgIpc) is 2.81. The molecule has 0 atom stereocenters. The Bertz CT molecular complexity index is 725. The highest BCUT2D eigenvalue weighted by atomic mass is 32.1. The van der Waals surface area contributed by atoms with E-state index < -0.39 is 11.7 Å². The van der Waals surface area contributed by atoms with Crippen molar-refractivity contribution in [2.45, 2.75) is 19.3 Å². The van der Waals surface area contributed by atoms with E-state index in [1.807, 2.05) is 4.90 Å². The molecule has 0 spiro atoms. The third-order valence-electron chi connectivity index (χ3n) is 3.87. The van der Waals surface area contributed by atoms with Crippen LogP contribution in [0.1, 0.15) is 12.0 Å². The number of rotatable bonds is 3. The zero-order valence-electron chi connectivity index (χ0n) is 12.7. The molecule has 3 rings (SSSR count). The van der Waals surface area contributed by atoms with Gasteiger partial charge in [-0.2, -0.15) is 18.3 Å².